The van der Waals surface area contributed by atoms with E-state index in [-0.39, 0.29) is 17.6 Å². The maximum atomic E-state index is 12.3. The first-order chi connectivity index (χ1) is 10.9. The summed E-state index contributed by atoms with van der Waals surface area (Å²) < 4.78 is 29.4. The summed E-state index contributed by atoms with van der Waals surface area (Å²) in [5.41, 5.74) is 1.70. The Morgan fingerprint density at radius 3 is 2.13 bits per heavy atom. The maximum absolute atomic E-state index is 12.3. The summed E-state index contributed by atoms with van der Waals surface area (Å²) in [6, 6.07) is 15.7. The van der Waals surface area contributed by atoms with Gasteiger partial charge >= 0.3 is 5.97 Å². The number of rotatable bonds is 6. The zero-order chi connectivity index (χ0) is 16.9. The first-order valence-electron chi connectivity index (χ1n) is 7.36. The third kappa shape index (κ3) is 4.66. The second-order valence-electron chi connectivity index (χ2n) is 5.52. The van der Waals surface area contributed by atoms with Crippen LogP contribution in [0.4, 0.5) is 0 Å². The standard InChI is InChI=1S/C18H20O4S/c1-14(18(19)22-2)12-15-8-10-16(11-9-15)13-23(20,21)17-6-4-3-5-7-17/h3-11,14H,12-13H2,1-2H3/t14-/m1/s1. The Bertz CT molecular complexity index is 749. The summed E-state index contributed by atoms with van der Waals surface area (Å²) in [6.07, 6.45) is 0.568. The van der Waals surface area contributed by atoms with Crippen LogP contribution in [-0.2, 0) is 31.5 Å². The van der Waals surface area contributed by atoms with Gasteiger partial charge in [-0.15, -0.1) is 0 Å². The SMILES string of the molecule is COC(=O)[C@H](C)Cc1ccc(CS(=O)(=O)c2ccccc2)cc1. The molecule has 0 N–H and O–H groups in total. The first kappa shape index (κ1) is 17.2. The Kier molecular flexibility index (Phi) is 5.55. The van der Waals surface area contributed by atoms with Crippen molar-refractivity contribution in [1.29, 1.82) is 0 Å². The maximum Gasteiger partial charge on any atom is 0.308 e. The van der Waals surface area contributed by atoms with Gasteiger partial charge in [0.2, 0.25) is 0 Å². The molecule has 0 spiro atoms. The molecule has 0 saturated heterocycles. The van der Waals surface area contributed by atoms with Crippen molar-refractivity contribution in [3.63, 3.8) is 0 Å². The molecule has 0 aliphatic heterocycles. The van der Waals surface area contributed by atoms with Gasteiger partial charge < -0.3 is 4.74 Å². The van der Waals surface area contributed by atoms with Crippen LogP contribution in [0.1, 0.15) is 18.1 Å². The van der Waals surface area contributed by atoms with Gasteiger partial charge in [-0.05, 0) is 29.7 Å². The van der Waals surface area contributed by atoms with Crippen molar-refractivity contribution in [2.75, 3.05) is 7.11 Å². The number of hydrogen-bond donors (Lipinski definition) is 0. The Morgan fingerprint density at radius 1 is 1.00 bits per heavy atom. The van der Waals surface area contributed by atoms with Crippen LogP contribution in [0.25, 0.3) is 0 Å². The molecule has 4 nitrogen and oxygen atoms in total. The number of esters is 1. The molecule has 0 saturated carbocycles. The van der Waals surface area contributed by atoms with Gasteiger partial charge in [0.25, 0.3) is 0 Å². The van der Waals surface area contributed by atoms with Crippen LogP contribution in [-0.4, -0.2) is 21.5 Å². The molecule has 0 aromatic heterocycles. The Hall–Kier alpha value is -2.14. The molecule has 0 aliphatic carbocycles. The van der Waals surface area contributed by atoms with Crippen LogP contribution >= 0.6 is 0 Å². The lowest BCUT2D eigenvalue weighted by Gasteiger charge is -2.10. The lowest BCUT2D eigenvalue weighted by molar-refractivity contribution is -0.144. The molecule has 2 aromatic carbocycles. The van der Waals surface area contributed by atoms with Crippen LogP contribution in [0.2, 0.25) is 0 Å². The number of carbonyl (C=O) groups is 1. The number of benzene rings is 2. The topological polar surface area (TPSA) is 60.4 Å². The number of methoxy groups -OCH3 is 1. The largest absolute Gasteiger partial charge is 0.469 e. The minimum atomic E-state index is -3.34. The van der Waals surface area contributed by atoms with Gasteiger partial charge in [-0.1, -0.05) is 49.4 Å². The van der Waals surface area contributed by atoms with Crippen molar-refractivity contribution in [1.82, 2.24) is 0 Å². The zero-order valence-electron chi connectivity index (χ0n) is 13.2. The molecule has 0 radical (unpaired) electrons. The summed E-state index contributed by atoms with van der Waals surface area (Å²) in [7, 11) is -1.97. The van der Waals surface area contributed by atoms with E-state index in [2.05, 4.69) is 0 Å². The molecule has 2 aromatic rings. The van der Waals surface area contributed by atoms with Crippen LogP contribution < -0.4 is 0 Å². The van der Waals surface area contributed by atoms with Gasteiger partial charge in [0.05, 0.1) is 23.7 Å². The van der Waals surface area contributed by atoms with Crippen molar-refractivity contribution < 1.29 is 17.9 Å². The Labute approximate surface area is 137 Å². The lowest BCUT2D eigenvalue weighted by Crippen LogP contribution is -2.15. The van der Waals surface area contributed by atoms with E-state index in [1.807, 2.05) is 12.1 Å². The Morgan fingerprint density at radius 2 is 1.57 bits per heavy atom. The summed E-state index contributed by atoms with van der Waals surface area (Å²) in [6.45, 7) is 1.81. The summed E-state index contributed by atoms with van der Waals surface area (Å²) >= 11 is 0. The minimum Gasteiger partial charge on any atom is -0.469 e. The van der Waals surface area contributed by atoms with Crippen LogP contribution in [0.5, 0.6) is 0 Å². The van der Waals surface area contributed by atoms with Crippen LogP contribution in [0, 0.1) is 5.92 Å². The molecule has 2 rings (SSSR count). The average Bonchev–Trinajstić information content (AvgIpc) is 2.56. The molecular weight excluding hydrogens is 312 g/mol. The molecule has 0 fully saturated rings. The summed E-state index contributed by atoms with van der Waals surface area (Å²) in [5.74, 6) is -0.510. The highest BCUT2D eigenvalue weighted by atomic mass is 32.2. The number of ether oxygens (including phenoxy) is 1. The van der Waals surface area contributed by atoms with Crippen molar-refractivity contribution in [2.24, 2.45) is 5.92 Å². The third-order valence-electron chi connectivity index (χ3n) is 3.63. The molecule has 23 heavy (non-hydrogen) atoms. The van der Waals surface area contributed by atoms with E-state index in [4.69, 9.17) is 4.74 Å². The van der Waals surface area contributed by atoms with Crippen LogP contribution in [0.3, 0.4) is 0 Å². The Balaban J connectivity index is 2.07. The normalized spacial score (nSPS) is 12.6. The second kappa shape index (κ2) is 7.42. The molecule has 5 heteroatoms. The third-order valence-corrected chi connectivity index (χ3v) is 5.33. The predicted molar refractivity (Wildman–Crippen MR) is 88.7 cm³/mol. The van der Waals surface area contributed by atoms with E-state index < -0.39 is 9.84 Å². The molecule has 0 amide bonds. The fourth-order valence-corrected chi connectivity index (χ4v) is 3.71. The van der Waals surface area contributed by atoms with Crippen molar-refractivity contribution in [2.45, 2.75) is 24.0 Å². The molecule has 0 aliphatic rings. The smallest absolute Gasteiger partial charge is 0.308 e. The monoisotopic (exact) mass is 332 g/mol. The van der Waals surface area contributed by atoms with Crippen molar-refractivity contribution in [3.8, 4) is 0 Å². The van der Waals surface area contributed by atoms with E-state index in [9.17, 15) is 13.2 Å². The zero-order valence-corrected chi connectivity index (χ0v) is 14.0. The first-order valence-corrected chi connectivity index (χ1v) is 9.01. The molecule has 0 heterocycles. The fraction of sp³-hybridized carbons (Fsp3) is 0.278. The highest BCUT2D eigenvalue weighted by molar-refractivity contribution is 7.90. The fourth-order valence-electron chi connectivity index (χ4n) is 2.34. The summed E-state index contributed by atoms with van der Waals surface area (Å²) in [5, 5.41) is 0. The van der Waals surface area contributed by atoms with Gasteiger partial charge in [0.1, 0.15) is 0 Å². The predicted octanol–water partition coefficient (Wildman–Crippen LogP) is 3.01. The number of carbonyl (C=O) groups excluding carboxylic acids is 1. The van der Waals surface area contributed by atoms with Gasteiger partial charge in [0, 0.05) is 0 Å². The minimum absolute atomic E-state index is 0.0378. The van der Waals surface area contributed by atoms with Gasteiger partial charge in [-0.3, -0.25) is 4.79 Å². The van der Waals surface area contributed by atoms with E-state index in [1.54, 1.807) is 49.4 Å². The van der Waals surface area contributed by atoms with Crippen LogP contribution in [0.15, 0.2) is 59.5 Å². The highest BCUT2D eigenvalue weighted by Crippen LogP contribution is 2.17. The van der Waals surface area contributed by atoms with E-state index >= 15 is 0 Å². The van der Waals surface area contributed by atoms with Gasteiger partial charge in [-0.25, -0.2) is 8.42 Å². The van der Waals surface area contributed by atoms with Gasteiger partial charge in [0.15, 0.2) is 9.84 Å². The molecular formula is C18H20O4S. The molecule has 0 unspecified atom stereocenters. The number of sulfone groups is 1. The van der Waals surface area contributed by atoms with E-state index in [1.165, 1.54) is 7.11 Å². The van der Waals surface area contributed by atoms with E-state index in [0.29, 0.717) is 11.3 Å². The van der Waals surface area contributed by atoms with E-state index in [0.717, 1.165) is 11.1 Å². The van der Waals surface area contributed by atoms with Crippen molar-refractivity contribution in [3.05, 3.63) is 65.7 Å². The lowest BCUT2D eigenvalue weighted by atomic mass is 10.0. The summed E-state index contributed by atoms with van der Waals surface area (Å²) in [4.78, 5) is 11.7. The average molecular weight is 332 g/mol. The van der Waals surface area contributed by atoms with Gasteiger partial charge in [-0.2, -0.15) is 0 Å². The van der Waals surface area contributed by atoms with Crippen molar-refractivity contribution >= 4 is 15.8 Å². The molecule has 122 valence electrons. The quantitative estimate of drug-likeness (QED) is 0.763. The molecule has 1 atom stereocenters. The second-order valence-corrected chi connectivity index (χ2v) is 7.51. The number of hydrogen-bond acceptors (Lipinski definition) is 4. The highest BCUT2D eigenvalue weighted by Gasteiger charge is 2.16. The molecule has 0 bridgehead atoms.